The second-order valence-electron chi connectivity index (χ2n) is 4.67. The maximum absolute atomic E-state index is 12.7. The topological polar surface area (TPSA) is 49.4 Å². The summed E-state index contributed by atoms with van der Waals surface area (Å²) in [7, 11) is -3.62. The minimum absolute atomic E-state index is 0.0719. The van der Waals surface area contributed by atoms with Gasteiger partial charge in [-0.1, -0.05) is 23.2 Å². The molecular weight excluding hydrogens is 307 g/mol. The van der Waals surface area contributed by atoms with Crippen molar-refractivity contribution in [1.82, 2.24) is 9.62 Å². The molecule has 0 bridgehead atoms. The minimum atomic E-state index is -3.62. The maximum atomic E-state index is 12.7. The van der Waals surface area contributed by atoms with Gasteiger partial charge in [-0.15, -0.1) is 0 Å². The number of hydrogen-bond donors (Lipinski definition) is 1. The molecule has 1 aromatic carbocycles. The van der Waals surface area contributed by atoms with E-state index in [1.165, 1.54) is 16.4 Å². The Morgan fingerprint density at radius 1 is 1.32 bits per heavy atom. The van der Waals surface area contributed by atoms with Crippen molar-refractivity contribution in [2.24, 2.45) is 0 Å². The molecule has 1 aromatic rings. The first-order valence-corrected chi connectivity index (χ1v) is 8.24. The SMILES string of the molecule is CC1NCCN(S(=O)(=O)c2cc(Cl)ccc2Cl)C1C. The molecule has 4 nitrogen and oxygen atoms in total. The van der Waals surface area contributed by atoms with Gasteiger partial charge in [0.05, 0.1) is 5.02 Å². The van der Waals surface area contributed by atoms with Gasteiger partial charge in [0.25, 0.3) is 0 Å². The highest BCUT2D eigenvalue weighted by Gasteiger charge is 2.35. The van der Waals surface area contributed by atoms with Crippen molar-refractivity contribution in [2.75, 3.05) is 13.1 Å². The Kier molecular flexibility index (Phi) is 4.42. The van der Waals surface area contributed by atoms with E-state index >= 15 is 0 Å². The van der Waals surface area contributed by atoms with Gasteiger partial charge in [-0.2, -0.15) is 4.31 Å². The predicted octanol–water partition coefficient (Wildman–Crippen LogP) is 2.36. The summed E-state index contributed by atoms with van der Waals surface area (Å²) >= 11 is 11.9. The van der Waals surface area contributed by atoms with E-state index < -0.39 is 10.0 Å². The fourth-order valence-electron chi connectivity index (χ4n) is 2.17. The molecule has 19 heavy (non-hydrogen) atoms. The zero-order valence-electron chi connectivity index (χ0n) is 10.7. The second kappa shape index (κ2) is 5.58. The Hall–Kier alpha value is -0.330. The highest BCUT2D eigenvalue weighted by atomic mass is 35.5. The highest BCUT2D eigenvalue weighted by molar-refractivity contribution is 7.89. The van der Waals surface area contributed by atoms with E-state index in [1.54, 1.807) is 6.07 Å². The highest BCUT2D eigenvalue weighted by Crippen LogP contribution is 2.29. The Balaban J connectivity index is 2.44. The molecule has 0 aromatic heterocycles. The zero-order valence-corrected chi connectivity index (χ0v) is 13.1. The number of hydrogen-bond acceptors (Lipinski definition) is 3. The van der Waals surface area contributed by atoms with E-state index in [4.69, 9.17) is 23.2 Å². The third-order valence-electron chi connectivity index (χ3n) is 3.46. The van der Waals surface area contributed by atoms with Crippen molar-refractivity contribution in [3.8, 4) is 0 Å². The summed E-state index contributed by atoms with van der Waals surface area (Å²) in [5.74, 6) is 0. The monoisotopic (exact) mass is 322 g/mol. The summed E-state index contributed by atoms with van der Waals surface area (Å²) in [6.45, 7) is 4.90. The summed E-state index contributed by atoms with van der Waals surface area (Å²) in [5, 5.41) is 3.80. The number of sulfonamides is 1. The van der Waals surface area contributed by atoms with Crippen molar-refractivity contribution < 1.29 is 8.42 Å². The molecule has 0 spiro atoms. The van der Waals surface area contributed by atoms with Crippen LogP contribution in [0.5, 0.6) is 0 Å². The van der Waals surface area contributed by atoms with Crippen molar-refractivity contribution in [1.29, 1.82) is 0 Å². The Morgan fingerprint density at radius 2 is 2.00 bits per heavy atom. The largest absolute Gasteiger partial charge is 0.311 e. The Morgan fingerprint density at radius 3 is 2.68 bits per heavy atom. The van der Waals surface area contributed by atoms with Gasteiger partial charge in [0.2, 0.25) is 10.0 Å². The fourth-order valence-corrected chi connectivity index (χ4v) is 4.61. The van der Waals surface area contributed by atoms with E-state index in [9.17, 15) is 8.42 Å². The molecule has 7 heteroatoms. The van der Waals surface area contributed by atoms with Crippen molar-refractivity contribution in [3.05, 3.63) is 28.2 Å². The van der Waals surface area contributed by atoms with Crippen LogP contribution in [0.1, 0.15) is 13.8 Å². The molecule has 1 N–H and O–H groups in total. The van der Waals surface area contributed by atoms with E-state index in [0.29, 0.717) is 18.1 Å². The summed E-state index contributed by atoms with van der Waals surface area (Å²) in [4.78, 5) is 0.0719. The van der Waals surface area contributed by atoms with Gasteiger partial charge in [-0.25, -0.2) is 8.42 Å². The van der Waals surface area contributed by atoms with E-state index in [2.05, 4.69) is 5.32 Å². The molecule has 1 aliphatic rings. The number of nitrogens with one attached hydrogen (secondary N) is 1. The zero-order chi connectivity index (χ0) is 14.2. The summed E-state index contributed by atoms with van der Waals surface area (Å²) < 4.78 is 26.8. The van der Waals surface area contributed by atoms with E-state index in [1.807, 2.05) is 13.8 Å². The first-order valence-electron chi connectivity index (χ1n) is 6.04. The van der Waals surface area contributed by atoms with Crippen LogP contribution in [0.15, 0.2) is 23.1 Å². The lowest BCUT2D eigenvalue weighted by molar-refractivity contribution is 0.233. The summed E-state index contributed by atoms with van der Waals surface area (Å²) in [6, 6.07) is 4.45. The number of piperazine rings is 1. The second-order valence-corrected chi connectivity index (χ2v) is 7.38. The fraction of sp³-hybridized carbons (Fsp3) is 0.500. The maximum Gasteiger partial charge on any atom is 0.244 e. The van der Waals surface area contributed by atoms with Gasteiger partial charge in [0.1, 0.15) is 4.90 Å². The number of rotatable bonds is 2. The molecule has 1 fully saturated rings. The number of halogens is 2. The van der Waals surface area contributed by atoms with Gasteiger partial charge < -0.3 is 5.32 Å². The average molecular weight is 323 g/mol. The molecule has 1 saturated heterocycles. The van der Waals surface area contributed by atoms with Crippen LogP contribution in [-0.4, -0.2) is 37.9 Å². The smallest absolute Gasteiger partial charge is 0.244 e. The molecule has 2 unspecified atom stereocenters. The quantitative estimate of drug-likeness (QED) is 0.909. The predicted molar refractivity (Wildman–Crippen MR) is 77.3 cm³/mol. The Bertz CT molecular complexity index is 577. The molecule has 1 heterocycles. The minimum Gasteiger partial charge on any atom is -0.311 e. The molecule has 0 aliphatic carbocycles. The third-order valence-corrected chi connectivity index (χ3v) is 6.16. The van der Waals surface area contributed by atoms with Crippen LogP contribution in [0, 0.1) is 0 Å². The van der Waals surface area contributed by atoms with Crippen molar-refractivity contribution in [2.45, 2.75) is 30.8 Å². The molecule has 1 aliphatic heterocycles. The van der Waals surface area contributed by atoms with Crippen LogP contribution in [0.2, 0.25) is 10.0 Å². The lowest BCUT2D eigenvalue weighted by atomic mass is 10.1. The first-order chi connectivity index (χ1) is 8.84. The van der Waals surface area contributed by atoms with Crippen LogP contribution < -0.4 is 5.32 Å². The molecule has 2 rings (SSSR count). The average Bonchev–Trinajstić information content (AvgIpc) is 2.35. The standard InChI is InChI=1S/C12H16Cl2N2O2S/c1-8-9(2)16(6-5-15-8)19(17,18)12-7-10(13)3-4-11(12)14/h3-4,7-9,15H,5-6H2,1-2H3. The first kappa shape index (κ1) is 15.1. The lowest BCUT2D eigenvalue weighted by Crippen LogP contribution is -2.57. The van der Waals surface area contributed by atoms with Crippen molar-refractivity contribution >= 4 is 33.2 Å². The van der Waals surface area contributed by atoms with Gasteiger partial charge in [-0.05, 0) is 32.0 Å². The lowest BCUT2D eigenvalue weighted by Gasteiger charge is -2.37. The van der Waals surface area contributed by atoms with Crippen LogP contribution in [0.25, 0.3) is 0 Å². The summed E-state index contributed by atoms with van der Waals surface area (Å²) in [5.41, 5.74) is 0. The van der Waals surface area contributed by atoms with Gasteiger partial charge in [0.15, 0.2) is 0 Å². The van der Waals surface area contributed by atoms with Crippen LogP contribution >= 0.6 is 23.2 Å². The molecule has 0 saturated carbocycles. The third kappa shape index (κ3) is 2.90. The van der Waals surface area contributed by atoms with Gasteiger partial charge in [0, 0.05) is 30.2 Å². The molecule has 0 radical (unpaired) electrons. The van der Waals surface area contributed by atoms with Crippen molar-refractivity contribution in [3.63, 3.8) is 0 Å². The number of nitrogens with zero attached hydrogens (tertiary/aromatic N) is 1. The van der Waals surface area contributed by atoms with Crippen LogP contribution in [0.3, 0.4) is 0 Å². The van der Waals surface area contributed by atoms with E-state index in [0.717, 1.165) is 0 Å². The molecule has 0 amide bonds. The Labute approximate surface area is 123 Å². The number of benzene rings is 1. The van der Waals surface area contributed by atoms with Gasteiger partial charge >= 0.3 is 0 Å². The molecule has 2 atom stereocenters. The molecular formula is C12H16Cl2N2O2S. The molecule has 106 valence electrons. The van der Waals surface area contributed by atoms with E-state index in [-0.39, 0.29) is 22.0 Å². The van der Waals surface area contributed by atoms with Crippen LogP contribution in [0.4, 0.5) is 0 Å². The van der Waals surface area contributed by atoms with Gasteiger partial charge in [-0.3, -0.25) is 0 Å². The van der Waals surface area contributed by atoms with Crippen LogP contribution in [-0.2, 0) is 10.0 Å². The normalized spacial score (nSPS) is 25.5. The summed E-state index contributed by atoms with van der Waals surface area (Å²) in [6.07, 6.45) is 0.